The number of anilines is 1. The molecule has 2 aromatic carbocycles. The normalized spacial score (nSPS) is 11.8. The van der Waals surface area contributed by atoms with Gasteiger partial charge in [0.05, 0.1) is 15.7 Å². The molecule has 0 heterocycles. The van der Waals surface area contributed by atoms with Crippen LogP contribution in [0.3, 0.4) is 0 Å². The van der Waals surface area contributed by atoms with Crippen LogP contribution in [0.4, 0.5) is 10.1 Å². The van der Waals surface area contributed by atoms with Gasteiger partial charge in [-0.3, -0.25) is 4.79 Å². The standard InChI is InChI=1S/C15H12Cl2FNO2/c1-9(21-11-7-5-10(18)6-8-11)15(20)19-14-12(16)3-2-4-13(14)17/h2-9H,1H3,(H,19,20)/t9-/m1/s1. The van der Waals surface area contributed by atoms with Crippen molar-refractivity contribution in [3.05, 3.63) is 58.3 Å². The zero-order valence-electron chi connectivity index (χ0n) is 11.1. The molecule has 0 aliphatic heterocycles. The molecule has 0 bridgehead atoms. The number of hydrogen-bond acceptors (Lipinski definition) is 2. The molecule has 2 aromatic rings. The zero-order valence-corrected chi connectivity index (χ0v) is 12.6. The van der Waals surface area contributed by atoms with Gasteiger partial charge in [0.2, 0.25) is 0 Å². The minimum absolute atomic E-state index is 0.334. The van der Waals surface area contributed by atoms with E-state index in [1.165, 1.54) is 24.3 Å². The third-order valence-corrected chi connectivity index (χ3v) is 3.34. The number of amides is 1. The highest BCUT2D eigenvalue weighted by Gasteiger charge is 2.17. The Morgan fingerprint density at radius 2 is 1.71 bits per heavy atom. The second-order valence-corrected chi connectivity index (χ2v) is 5.11. The predicted octanol–water partition coefficient (Wildman–Crippen LogP) is 4.54. The van der Waals surface area contributed by atoms with Crippen molar-refractivity contribution in [2.45, 2.75) is 13.0 Å². The van der Waals surface area contributed by atoms with Crippen LogP contribution >= 0.6 is 23.2 Å². The second kappa shape index (κ2) is 6.78. The average molecular weight is 328 g/mol. The third-order valence-electron chi connectivity index (χ3n) is 2.71. The van der Waals surface area contributed by atoms with Gasteiger partial charge in [0, 0.05) is 0 Å². The van der Waals surface area contributed by atoms with E-state index in [0.29, 0.717) is 21.5 Å². The molecule has 110 valence electrons. The van der Waals surface area contributed by atoms with Crippen LogP contribution in [0.5, 0.6) is 5.75 Å². The average Bonchev–Trinajstić information content (AvgIpc) is 2.45. The highest BCUT2D eigenvalue weighted by Crippen LogP contribution is 2.30. The van der Waals surface area contributed by atoms with Crippen LogP contribution in [-0.4, -0.2) is 12.0 Å². The lowest BCUT2D eigenvalue weighted by Gasteiger charge is -2.16. The van der Waals surface area contributed by atoms with Crippen LogP contribution in [0.25, 0.3) is 0 Å². The molecule has 1 N–H and O–H groups in total. The van der Waals surface area contributed by atoms with E-state index >= 15 is 0 Å². The fourth-order valence-corrected chi connectivity index (χ4v) is 2.10. The van der Waals surface area contributed by atoms with Crippen molar-refractivity contribution in [2.24, 2.45) is 0 Å². The molecular weight excluding hydrogens is 316 g/mol. The lowest BCUT2D eigenvalue weighted by molar-refractivity contribution is -0.122. The molecule has 0 aliphatic rings. The van der Waals surface area contributed by atoms with Crippen LogP contribution in [0.1, 0.15) is 6.92 Å². The van der Waals surface area contributed by atoms with Gasteiger partial charge < -0.3 is 10.1 Å². The van der Waals surface area contributed by atoms with Gasteiger partial charge in [-0.1, -0.05) is 29.3 Å². The van der Waals surface area contributed by atoms with Crippen molar-refractivity contribution in [1.82, 2.24) is 0 Å². The summed E-state index contributed by atoms with van der Waals surface area (Å²) in [6.45, 7) is 1.57. The molecule has 2 rings (SSSR count). The maximum Gasteiger partial charge on any atom is 0.265 e. The SMILES string of the molecule is C[C@@H](Oc1ccc(F)cc1)C(=O)Nc1c(Cl)cccc1Cl. The van der Waals surface area contributed by atoms with E-state index in [4.69, 9.17) is 27.9 Å². The Morgan fingerprint density at radius 3 is 2.29 bits per heavy atom. The van der Waals surface area contributed by atoms with E-state index in [9.17, 15) is 9.18 Å². The summed E-state index contributed by atoms with van der Waals surface area (Å²) in [7, 11) is 0. The van der Waals surface area contributed by atoms with Crippen molar-refractivity contribution in [3.63, 3.8) is 0 Å². The summed E-state index contributed by atoms with van der Waals surface area (Å²) in [5.41, 5.74) is 0.334. The molecule has 1 amide bonds. The van der Waals surface area contributed by atoms with Gasteiger partial charge in [-0.25, -0.2) is 4.39 Å². The first kappa shape index (κ1) is 15.6. The minimum Gasteiger partial charge on any atom is -0.481 e. The molecule has 0 aliphatic carbocycles. The van der Waals surface area contributed by atoms with E-state index in [-0.39, 0.29) is 5.82 Å². The quantitative estimate of drug-likeness (QED) is 0.895. The van der Waals surface area contributed by atoms with E-state index < -0.39 is 12.0 Å². The molecule has 0 radical (unpaired) electrons. The summed E-state index contributed by atoms with van der Waals surface area (Å²) in [6, 6.07) is 10.3. The van der Waals surface area contributed by atoms with Gasteiger partial charge in [0.25, 0.3) is 5.91 Å². The predicted molar refractivity (Wildman–Crippen MR) is 81.6 cm³/mol. The van der Waals surface area contributed by atoms with E-state index in [1.807, 2.05) is 0 Å². The maximum absolute atomic E-state index is 12.8. The lowest BCUT2D eigenvalue weighted by atomic mass is 10.3. The highest BCUT2D eigenvalue weighted by molar-refractivity contribution is 6.39. The van der Waals surface area contributed by atoms with E-state index in [2.05, 4.69) is 5.32 Å². The maximum atomic E-state index is 12.8. The Balaban J connectivity index is 2.04. The fourth-order valence-electron chi connectivity index (χ4n) is 1.61. The number of para-hydroxylation sites is 1. The van der Waals surface area contributed by atoms with Crippen molar-refractivity contribution in [3.8, 4) is 5.75 Å². The number of benzene rings is 2. The molecule has 0 saturated heterocycles. The first-order valence-corrected chi connectivity index (χ1v) is 6.90. The van der Waals surface area contributed by atoms with Gasteiger partial charge in [-0.15, -0.1) is 0 Å². The molecule has 0 spiro atoms. The topological polar surface area (TPSA) is 38.3 Å². The van der Waals surface area contributed by atoms with Gasteiger partial charge in [-0.2, -0.15) is 0 Å². The largest absolute Gasteiger partial charge is 0.481 e. The monoisotopic (exact) mass is 327 g/mol. The number of hydrogen-bond donors (Lipinski definition) is 1. The van der Waals surface area contributed by atoms with Crippen LogP contribution in [-0.2, 0) is 4.79 Å². The lowest BCUT2D eigenvalue weighted by Crippen LogP contribution is -2.30. The van der Waals surface area contributed by atoms with Crippen molar-refractivity contribution >= 4 is 34.8 Å². The first-order valence-electron chi connectivity index (χ1n) is 6.14. The zero-order chi connectivity index (χ0) is 15.4. The Morgan fingerprint density at radius 1 is 1.14 bits per heavy atom. The van der Waals surface area contributed by atoms with Crippen LogP contribution in [0.2, 0.25) is 10.0 Å². The third kappa shape index (κ3) is 4.09. The molecule has 21 heavy (non-hydrogen) atoms. The number of halogens is 3. The number of ether oxygens (including phenoxy) is 1. The molecular formula is C15H12Cl2FNO2. The summed E-state index contributed by atoms with van der Waals surface area (Å²) in [4.78, 5) is 12.1. The number of rotatable bonds is 4. The Hall–Kier alpha value is -1.78. The first-order chi connectivity index (χ1) is 9.97. The Kier molecular flexibility index (Phi) is 5.04. The number of carbonyl (C=O) groups excluding carboxylic acids is 1. The Bertz CT molecular complexity index is 626. The van der Waals surface area contributed by atoms with Crippen molar-refractivity contribution in [2.75, 3.05) is 5.32 Å². The summed E-state index contributed by atoms with van der Waals surface area (Å²) < 4.78 is 18.2. The van der Waals surface area contributed by atoms with Crippen molar-refractivity contribution < 1.29 is 13.9 Å². The number of nitrogens with one attached hydrogen (secondary N) is 1. The van der Waals surface area contributed by atoms with Crippen LogP contribution < -0.4 is 10.1 Å². The summed E-state index contributed by atoms with van der Waals surface area (Å²) >= 11 is 11.9. The van der Waals surface area contributed by atoms with Gasteiger partial charge in [-0.05, 0) is 43.3 Å². The molecule has 0 fully saturated rings. The minimum atomic E-state index is -0.789. The van der Waals surface area contributed by atoms with E-state index in [0.717, 1.165) is 0 Å². The number of carbonyl (C=O) groups is 1. The van der Waals surface area contributed by atoms with Crippen LogP contribution in [0.15, 0.2) is 42.5 Å². The van der Waals surface area contributed by atoms with Gasteiger partial charge >= 0.3 is 0 Å². The summed E-state index contributed by atoms with van der Waals surface area (Å²) in [6.07, 6.45) is -0.789. The van der Waals surface area contributed by atoms with Gasteiger partial charge in [0.15, 0.2) is 6.10 Å². The Labute approximate surface area is 131 Å². The molecule has 0 unspecified atom stereocenters. The smallest absolute Gasteiger partial charge is 0.265 e. The highest BCUT2D eigenvalue weighted by atomic mass is 35.5. The van der Waals surface area contributed by atoms with Crippen molar-refractivity contribution in [1.29, 1.82) is 0 Å². The molecule has 0 aromatic heterocycles. The fraction of sp³-hybridized carbons (Fsp3) is 0.133. The second-order valence-electron chi connectivity index (χ2n) is 4.30. The molecule has 3 nitrogen and oxygen atoms in total. The van der Waals surface area contributed by atoms with E-state index in [1.54, 1.807) is 25.1 Å². The van der Waals surface area contributed by atoms with Gasteiger partial charge in [0.1, 0.15) is 11.6 Å². The molecule has 1 atom stereocenters. The summed E-state index contributed by atoms with van der Waals surface area (Å²) in [5, 5.41) is 3.28. The summed E-state index contributed by atoms with van der Waals surface area (Å²) in [5.74, 6) is -0.388. The van der Waals surface area contributed by atoms with Crippen LogP contribution in [0, 0.1) is 5.82 Å². The molecule has 0 saturated carbocycles. The molecule has 6 heteroatoms.